The summed E-state index contributed by atoms with van der Waals surface area (Å²) in [6.45, 7) is 9.46. The van der Waals surface area contributed by atoms with Crippen LogP contribution in [-0.4, -0.2) is 95.1 Å². The second kappa shape index (κ2) is 16.3. The van der Waals surface area contributed by atoms with Crippen molar-refractivity contribution < 1.29 is 67.1 Å². The number of carbonyl (C=O) groups is 7. The van der Waals surface area contributed by atoms with Gasteiger partial charge in [0.1, 0.15) is 69.2 Å². The normalized spacial score (nSPS) is 17.5. The van der Waals surface area contributed by atoms with Gasteiger partial charge in [0, 0.05) is 12.8 Å². The molecule has 0 fully saturated rings. The quantitative estimate of drug-likeness (QED) is 0.183. The van der Waals surface area contributed by atoms with Gasteiger partial charge < -0.3 is 40.7 Å². The van der Waals surface area contributed by atoms with Crippen molar-refractivity contribution in [1.82, 2.24) is 20.2 Å². The van der Waals surface area contributed by atoms with Crippen molar-refractivity contribution in [1.29, 1.82) is 0 Å². The number of nitrogens with one attached hydrogen (secondary N) is 3. The van der Waals surface area contributed by atoms with Crippen LogP contribution in [0.1, 0.15) is 54.4 Å². The summed E-state index contributed by atoms with van der Waals surface area (Å²) < 4.78 is 36.2. The van der Waals surface area contributed by atoms with Crippen molar-refractivity contribution in [2.24, 2.45) is 0 Å². The van der Waals surface area contributed by atoms with E-state index in [0.717, 1.165) is 30.6 Å². The Morgan fingerprint density at radius 2 is 1.26 bits per heavy atom. The Bertz CT molecular complexity index is 1870. The predicted molar refractivity (Wildman–Crippen MR) is 176 cm³/mol. The fraction of sp³-hybridized carbons (Fsp3) is 0.364. The number of hydrogen-bond acceptors (Lipinski definition) is 13. The highest BCUT2D eigenvalue weighted by molar-refractivity contribution is 6.26. The second-order valence-electron chi connectivity index (χ2n) is 13.3. The Morgan fingerprint density at radius 1 is 0.792 bits per heavy atom. The number of imide groups is 1. The first kappa shape index (κ1) is 41.0. The van der Waals surface area contributed by atoms with Crippen LogP contribution in [0.4, 0.5) is 25.2 Å². The average Bonchev–Trinajstić information content (AvgIpc) is 3.01. The van der Waals surface area contributed by atoms with Gasteiger partial charge in [-0.1, -0.05) is 0 Å². The molecule has 4 heterocycles. The van der Waals surface area contributed by atoms with Crippen LogP contribution in [-0.2, 0) is 38.2 Å². The van der Waals surface area contributed by atoms with E-state index in [0.29, 0.717) is 4.90 Å². The summed E-state index contributed by atoms with van der Waals surface area (Å²) in [4.78, 5) is 93.2. The molecule has 2 aliphatic heterocycles. The molecule has 2 aromatic heterocycles. The van der Waals surface area contributed by atoms with E-state index >= 15 is 0 Å². The van der Waals surface area contributed by atoms with Gasteiger partial charge in [-0.05, 0) is 65.8 Å². The molecule has 0 spiro atoms. The number of aliphatic hydroxyl groups excluding tert-OH is 2. The molecule has 5 amide bonds. The third-order valence-electron chi connectivity index (χ3n) is 6.60. The lowest BCUT2D eigenvalue weighted by atomic mass is 9.99. The largest absolute Gasteiger partial charge is 0.511 e. The predicted octanol–water partition coefficient (Wildman–Crippen LogP) is 2.79. The summed E-state index contributed by atoms with van der Waals surface area (Å²) >= 11 is 0. The van der Waals surface area contributed by atoms with Crippen molar-refractivity contribution in [3.63, 3.8) is 0 Å². The molecule has 6 N–H and O–H groups in total. The minimum atomic E-state index is -1.54. The van der Waals surface area contributed by atoms with E-state index in [1.807, 2.05) is 0 Å². The van der Waals surface area contributed by atoms with Crippen LogP contribution < -0.4 is 16.0 Å². The van der Waals surface area contributed by atoms with Crippen LogP contribution >= 0.6 is 0 Å². The Kier molecular flexibility index (Phi) is 12.6. The topological polar surface area (TPSA) is 264 Å². The van der Waals surface area contributed by atoms with E-state index in [-0.39, 0.29) is 11.6 Å². The van der Waals surface area contributed by atoms with Gasteiger partial charge in [-0.2, -0.15) is 0 Å². The molecule has 0 radical (unpaired) electrons. The van der Waals surface area contributed by atoms with Crippen molar-refractivity contribution >= 4 is 53.3 Å². The highest BCUT2D eigenvalue weighted by atomic mass is 19.1. The molecule has 53 heavy (non-hydrogen) atoms. The number of anilines is 2. The molecule has 0 bridgehead atoms. The number of rotatable bonds is 6. The average molecular weight is 747 g/mol. The number of ether oxygens (including phenoxy) is 2. The summed E-state index contributed by atoms with van der Waals surface area (Å²) in [5, 5.41) is 35.4. The van der Waals surface area contributed by atoms with Crippen LogP contribution in [0, 0.1) is 11.6 Å². The highest BCUT2D eigenvalue weighted by Gasteiger charge is 2.47. The van der Waals surface area contributed by atoms with Gasteiger partial charge in [0.25, 0.3) is 23.6 Å². The molecule has 0 aliphatic carbocycles. The van der Waals surface area contributed by atoms with Crippen molar-refractivity contribution in [2.45, 2.75) is 77.7 Å². The number of nitrogens with zero attached hydrogens (tertiary/aromatic N) is 3. The number of aromatic nitrogens is 2. The van der Waals surface area contributed by atoms with Gasteiger partial charge in [-0.25, -0.2) is 38.0 Å². The number of carbonyl (C=O) groups excluding carboxylic acids is 6. The van der Waals surface area contributed by atoms with Crippen molar-refractivity contribution in [3.8, 4) is 0 Å². The molecular formula is C33H36F2N6O12. The first-order valence-electron chi connectivity index (χ1n) is 15.5. The molecule has 0 saturated heterocycles. The number of carboxylic acids is 1. The maximum absolute atomic E-state index is 13.1. The number of hydrogen-bond donors (Lipinski definition) is 6. The second-order valence-corrected chi connectivity index (χ2v) is 13.3. The molecular weight excluding hydrogens is 710 g/mol. The van der Waals surface area contributed by atoms with E-state index in [4.69, 9.17) is 14.6 Å². The summed E-state index contributed by atoms with van der Waals surface area (Å²) in [6.07, 6.45) is -0.431. The number of aliphatic hydroxyl groups is 2. The third kappa shape index (κ3) is 11.3. The monoisotopic (exact) mass is 746 g/mol. The van der Waals surface area contributed by atoms with E-state index in [9.17, 15) is 52.6 Å². The minimum absolute atomic E-state index is 0.0186. The molecule has 0 saturated carbocycles. The molecule has 4 rings (SSSR count). The molecule has 20 heteroatoms. The number of amides is 5. The fourth-order valence-electron chi connectivity index (χ4n) is 4.42. The molecule has 284 valence electrons. The van der Waals surface area contributed by atoms with Gasteiger partial charge in [0.2, 0.25) is 0 Å². The smallest absolute Gasteiger partial charge is 0.418 e. The lowest BCUT2D eigenvalue weighted by Gasteiger charge is -2.35. The Morgan fingerprint density at radius 3 is 1.68 bits per heavy atom. The number of aliphatic carboxylic acids is 1. The van der Waals surface area contributed by atoms with Crippen LogP contribution in [0.5, 0.6) is 0 Å². The zero-order valence-electron chi connectivity index (χ0n) is 29.1. The molecule has 0 aromatic carbocycles. The summed E-state index contributed by atoms with van der Waals surface area (Å²) in [5.74, 6) is -9.31. The standard InChI is InChI=1S/C21H26FN3O7.C12H10FN3O5/c1-20(2,3)31-18(29)12-9-13(26)15(16(27)24-14-8-7-11(22)10-23-14)17(28)25(12)19(30)32-21(4,5)6;13-5-1-2-8(14-4-5)16-11(19)9-7(17)3-6(12(20)21)15-10(9)18/h7-8,10,12,26H,9H2,1-6H3,(H,23,24,27);1-2,4,6,17H,3H2,(H,15,18)(H,20,21)(H,14,16,19). The van der Waals surface area contributed by atoms with E-state index in [1.54, 1.807) is 41.5 Å². The zero-order valence-corrected chi connectivity index (χ0v) is 29.1. The van der Waals surface area contributed by atoms with E-state index < -0.39 is 112 Å². The molecule has 2 unspecified atom stereocenters. The van der Waals surface area contributed by atoms with Crippen LogP contribution in [0.2, 0.25) is 0 Å². The van der Waals surface area contributed by atoms with Gasteiger partial charge in [0.15, 0.2) is 0 Å². The molecule has 2 aliphatic rings. The van der Waals surface area contributed by atoms with Gasteiger partial charge in [-0.15, -0.1) is 0 Å². The van der Waals surface area contributed by atoms with Crippen LogP contribution in [0.15, 0.2) is 59.3 Å². The molecule has 18 nitrogen and oxygen atoms in total. The fourth-order valence-corrected chi connectivity index (χ4v) is 4.42. The van der Waals surface area contributed by atoms with Gasteiger partial charge in [-0.3, -0.25) is 19.2 Å². The molecule has 2 aromatic rings. The van der Waals surface area contributed by atoms with Gasteiger partial charge in [0.05, 0.1) is 12.4 Å². The third-order valence-corrected chi connectivity index (χ3v) is 6.60. The Labute approximate surface area is 299 Å². The Balaban J connectivity index is 0.000000311. The van der Waals surface area contributed by atoms with E-state index in [1.165, 1.54) is 6.07 Å². The zero-order chi connectivity index (χ0) is 40.0. The first-order valence-corrected chi connectivity index (χ1v) is 15.5. The van der Waals surface area contributed by atoms with Crippen molar-refractivity contribution in [2.75, 3.05) is 10.6 Å². The summed E-state index contributed by atoms with van der Waals surface area (Å²) in [6, 6.07) is 1.57. The lowest BCUT2D eigenvalue weighted by molar-refractivity contribution is -0.164. The lowest BCUT2D eigenvalue weighted by Crippen LogP contribution is -2.55. The van der Waals surface area contributed by atoms with Crippen LogP contribution in [0.3, 0.4) is 0 Å². The minimum Gasteiger partial charge on any atom is -0.511 e. The van der Waals surface area contributed by atoms with Crippen LogP contribution in [0.25, 0.3) is 0 Å². The summed E-state index contributed by atoms with van der Waals surface area (Å²) in [7, 11) is 0. The maximum Gasteiger partial charge on any atom is 0.418 e. The maximum atomic E-state index is 13.1. The number of halogens is 2. The highest BCUT2D eigenvalue weighted by Crippen LogP contribution is 2.28. The number of carboxylic acid groups (broad SMARTS) is 1. The van der Waals surface area contributed by atoms with Crippen molar-refractivity contribution in [3.05, 3.63) is 71.0 Å². The summed E-state index contributed by atoms with van der Waals surface area (Å²) in [5.41, 5.74) is -3.33. The Hall–Kier alpha value is -6.47. The van der Waals surface area contributed by atoms with Gasteiger partial charge >= 0.3 is 18.0 Å². The molecule has 2 atom stereocenters. The van der Waals surface area contributed by atoms with E-state index in [2.05, 4.69) is 25.9 Å². The first-order chi connectivity index (χ1) is 24.5. The number of esters is 1. The SMILES string of the molecule is CC(C)(C)OC(=O)C1CC(O)=C(C(=O)Nc2ccc(F)cn2)C(=O)N1C(=O)OC(C)(C)C.O=C(Nc1ccc(F)cn1)C1=C(O)CC(C(=O)O)NC1=O. The number of pyridine rings is 2.